The Bertz CT molecular complexity index is 576. The Morgan fingerprint density at radius 3 is 2.78 bits per heavy atom. The third-order valence-corrected chi connectivity index (χ3v) is 4.32. The third-order valence-electron chi connectivity index (χ3n) is 4.32. The lowest BCUT2D eigenvalue weighted by Gasteiger charge is -2.34. The smallest absolute Gasteiger partial charge is 0.322 e. The summed E-state index contributed by atoms with van der Waals surface area (Å²) < 4.78 is 10.5. The van der Waals surface area contributed by atoms with Gasteiger partial charge in [0.2, 0.25) is 5.88 Å². The molecule has 2 fully saturated rings. The van der Waals surface area contributed by atoms with E-state index in [2.05, 4.69) is 10.3 Å². The van der Waals surface area contributed by atoms with Crippen molar-refractivity contribution in [2.75, 3.05) is 25.6 Å². The topological polar surface area (TPSA) is 80.8 Å². The zero-order valence-electron chi connectivity index (χ0n) is 13.2. The molecule has 2 amide bonds. The molecule has 1 N–H and O–H groups in total. The van der Waals surface area contributed by atoms with Gasteiger partial charge in [-0.25, -0.2) is 9.78 Å². The molecule has 2 unspecified atom stereocenters. The van der Waals surface area contributed by atoms with Crippen LogP contribution in [0.3, 0.4) is 0 Å². The molecular weight excluding hydrogens is 298 g/mol. The van der Waals surface area contributed by atoms with Crippen LogP contribution in [0.15, 0.2) is 18.3 Å². The first-order chi connectivity index (χ1) is 11.2. The SMILES string of the molecule is COCCOc1ncccc1NC(=O)N1C2CCC1CC(=O)C2. The predicted molar refractivity (Wildman–Crippen MR) is 83.5 cm³/mol. The normalized spacial score (nSPS) is 23.0. The molecule has 124 valence electrons. The van der Waals surface area contributed by atoms with Crippen LogP contribution in [0.2, 0.25) is 0 Å². The van der Waals surface area contributed by atoms with Crippen LogP contribution in [-0.4, -0.2) is 54.1 Å². The first kappa shape index (κ1) is 15.7. The van der Waals surface area contributed by atoms with E-state index in [1.54, 1.807) is 25.4 Å². The molecule has 7 nitrogen and oxygen atoms in total. The quantitative estimate of drug-likeness (QED) is 0.838. The molecule has 0 radical (unpaired) electrons. The first-order valence-electron chi connectivity index (χ1n) is 7.87. The molecule has 23 heavy (non-hydrogen) atoms. The number of rotatable bonds is 5. The van der Waals surface area contributed by atoms with Gasteiger partial charge in [-0.2, -0.15) is 0 Å². The van der Waals surface area contributed by atoms with Gasteiger partial charge in [-0.3, -0.25) is 4.79 Å². The number of carbonyl (C=O) groups is 2. The number of Topliss-reactive ketones (excluding diaryl/α,β-unsaturated/α-hetero) is 1. The summed E-state index contributed by atoms with van der Waals surface area (Å²) in [6, 6.07) is 3.36. The monoisotopic (exact) mass is 319 g/mol. The molecule has 2 saturated heterocycles. The Hall–Kier alpha value is -2.15. The van der Waals surface area contributed by atoms with Gasteiger partial charge >= 0.3 is 6.03 Å². The Balaban J connectivity index is 1.67. The molecule has 2 aliphatic heterocycles. The third kappa shape index (κ3) is 3.44. The number of hydrogen-bond acceptors (Lipinski definition) is 5. The van der Waals surface area contributed by atoms with Crippen molar-refractivity contribution in [1.82, 2.24) is 9.88 Å². The van der Waals surface area contributed by atoms with E-state index in [1.807, 2.05) is 4.90 Å². The minimum absolute atomic E-state index is 0.0239. The number of aromatic nitrogens is 1. The van der Waals surface area contributed by atoms with Crippen molar-refractivity contribution in [2.45, 2.75) is 37.8 Å². The highest BCUT2D eigenvalue weighted by molar-refractivity contribution is 5.93. The summed E-state index contributed by atoms with van der Waals surface area (Å²) >= 11 is 0. The standard InChI is InChI=1S/C16H21N3O4/c1-22-7-8-23-15-14(3-2-6-17-15)18-16(21)19-11-4-5-12(19)10-13(20)9-11/h2-3,6,11-12H,4-5,7-10H2,1H3,(H,18,21). The summed E-state index contributed by atoms with van der Waals surface area (Å²) in [5.41, 5.74) is 0.532. The molecule has 0 saturated carbocycles. The number of carbonyl (C=O) groups excluding carboxylic acids is 2. The number of ketones is 1. The zero-order valence-corrected chi connectivity index (χ0v) is 13.2. The number of ether oxygens (including phenoxy) is 2. The molecular formula is C16H21N3O4. The van der Waals surface area contributed by atoms with Crippen LogP contribution >= 0.6 is 0 Å². The zero-order chi connectivity index (χ0) is 16.2. The Kier molecular flexibility index (Phi) is 4.76. The summed E-state index contributed by atoms with van der Waals surface area (Å²) in [6.07, 6.45) is 4.34. The number of fused-ring (bicyclic) bond motifs is 2. The maximum absolute atomic E-state index is 12.6. The van der Waals surface area contributed by atoms with E-state index in [4.69, 9.17) is 9.47 Å². The van der Waals surface area contributed by atoms with Crippen LogP contribution in [0.1, 0.15) is 25.7 Å². The van der Waals surface area contributed by atoms with Crippen LogP contribution in [-0.2, 0) is 9.53 Å². The highest BCUT2D eigenvalue weighted by Gasteiger charge is 2.42. The van der Waals surface area contributed by atoms with Crippen LogP contribution in [0.25, 0.3) is 0 Å². The average molecular weight is 319 g/mol. The summed E-state index contributed by atoms with van der Waals surface area (Å²) in [5, 5.41) is 2.87. The predicted octanol–water partition coefficient (Wildman–Crippen LogP) is 1.83. The first-order valence-corrected chi connectivity index (χ1v) is 7.87. The fraction of sp³-hybridized carbons (Fsp3) is 0.562. The number of pyridine rings is 1. The van der Waals surface area contributed by atoms with Crippen molar-refractivity contribution in [3.8, 4) is 5.88 Å². The van der Waals surface area contributed by atoms with E-state index in [1.165, 1.54) is 0 Å². The number of urea groups is 1. The van der Waals surface area contributed by atoms with E-state index >= 15 is 0 Å². The Labute approximate surface area is 135 Å². The Morgan fingerprint density at radius 2 is 2.09 bits per heavy atom. The maximum Gasteiger partial charge on any atom is 0.322 e. The number of hydrogen-bond donors (Lipinski definition) is 1. The van der Waals surface area contributed by atoms with Crippen molar-refractivity contribution in [2.24, 2.45) is 0 Å². The van der Waals surface area contributed by atoms with Crippen molar-refractivity contribution >= 4 is 17.5 Å². The highest BCUT2D eigenvalue weighted by atomic mass is 16.5. The van der Waals surface area contributed by atoms with Crippen LogP contribution < -0.4 is 10.1 Å². The van der Waals surface area contributed by atoms with Gasteiger partial charge in [-0.15, -0.1) is 0 Å². The van der Waals surface area contributed by atoms with Crippen LogP contribution in [0.4, 0.5) is 10.5 Å². The molecule has 3 heterocycles. The largest absolute Gasteiger partial charge is 0.474 e. The van der Waals surface area contributed by atoms with Crippen molar-refractivity contribution in [3.63, 3.8) is 0 Å². The van der Waals surface area contributed by atoms with Crippen molar-refractivity contribution in [3.05, 3.63) is 18.3 Å². The molecule has 0 spiro atoms. The number of anilines is 1. The molecule has 1 aromatic rings. The van der Waals surface area contributed by atoms with Gasteiger partial charge in [0.1, 0.15) is 18.1 Å². The van der Waals surface area contributed by atoms with E-state index in [0.717, 1.165) is 12.8 Å². The number of piperidine rings is 1. The summed E-state index contributed by atoms with van der Waals surface area (Å²) in [4.78, 5) is 30.2. The number of amides is 2. The molecule has 2 aliphatic rings. The number of nitrogens with zero attached hydrogens (tertiary/aromatic N) is 2. The van der Waals surface area contributed by atoms with Gasteiger partial charge in [0.25, 0.3) is 0 Å². The van der Waals surface area contributed by atoms with E-state index in [-0.39, 0.29) is 23.9 Å². The highest BCUT2D eigenvalue weighted by Crippen LogP contribution is 2.34. The maximum atomic E-state index is 12.6. The van der Waals surface area contributed by atoms with Gasteiger partial charge in [-0.05, 0) is 25.0 Å². The van der Waals surface area contributed by atoms with Crippen LogP contribution in [0.5, 0.6) is 5.88 Å². The molecule has 7 heteroatoms. The minimum Gasteiger partial charge on any atom is -0.474 e. The van der Waals surface area contributed by atoms with Gasteiger partial charge in [-0.1, -0.05) is 0 Å². The lowest BCUT2D eigenvalue weighted by atomic mass is 10.0. The summed E-state index contributed by atoms with van der Waals surface area (Å²) in [5.74, 6) is 0.629. The lowest BCUT2D eigenvalue weighted by Crippen LogP contribution is -2.48. The molecule has 2 bridgehead atoms. The van der Waals surface area contributed by atoms with Crippen molar-refractivity contribution < 1.29 is 19.1 Å². The van der Waals surface area contributed by atoms with Crippen molar-refractivity contribution in [1.29, 1.82) is 0 Å². The van der Waals surface area contributed by atoms with E-state index in [0.29, 0.717) is 37.6 Å². The number of nitrogens with one attached hydrogen (secondary N) is 1. The van der Waals surface area contributed by atoms with Gasteiger partial charge in [0, 0.05) is 38.2 Å². The lowest BCUT2D eigenvalue weighted by molar-refractivity contribution is -0.122. The van der Waals surface area contributed by atoms with Gasteiger partial charge in [0.15, 0.2) is 0 Å². The molecule has 2 atom stereocenters. The van der Waals surface area contributed by atoms with Gasteiger partial charge < -0.3 is 19.7 Å². The average Bonchev–Trinajstić information content (AvgIpc) is 2.81. The molecule has 0 aliphatic carbocycles. The van der Waals surface area contributed by atoms with Crippen LogP contribution in [0, 0.1) is 0 Å². The molecule has 1 aromatic heterocycles. The minimum atomic E-state index is -0.186. The molecule has 0 aromatic carbocycles. The second-order valence-corrected chi connectivity index (χ2v) is 5.87. The number of methoxy groups -OCH3 is 1. The molecule has 3 rings (SSSR count). The fourth-order valence-corrected chi connectivity index (χ4v) is 3.30. The Morgan fingerprint density at radius 1 is 1.35 bits per heavy atom. The van der Waals surface area contributed by atoms with E-state index < -0.39 is 0 Å². The van der Waals surface area contributed by atoms with E-state index in [9.17, 15) is 9.59 Å². The second kappa shape index (κ2) is 6.95. The van der Waals surface area contributed by atoms with Gasteiger partial charge in [0.05, 0.1) is 6.61 Å². The fourth-order valence-electron chi connectivity index (χ4n) is 3.30. The second-order valence-electron chi connectivity index (χ2n) is 5.87. The summed E-state index contributed by atoms with van der Waals surface area (Å²) in [7, 11) is 1.60. The summed E-state index contributed by atoms with van der Waals surface area (Å²) in [6.45, 7) is 0.808.